The van der Waals surface area contributed by atoms with E-state index in [1.165, 1.54) is 12.1 Å². The molecular weight excluding hydrogens is 514 g/mol. The minimum absolute atomic E-state index is 0.0232. The maximum Gasteiger partial charge on any atom is 0.251 e. The van der Waals surface area contributed by atoms with Crippen LogP contribution in [0.4, 0.5) is 26.1 Å². The van der Waals surface area contributed by atoms with Crippen molar-refractivity contribution in [2.45, 2.75) is 13.3 Å². The van der Waals surface area contributed by atoms with Gasteiger partial charge in [0.15, 0.2) is 5.65 Å². The van der Waals surface area contributed by atoms with Gasteiger partial charge in [-0.25, -0.2) is 13.3 Å². The summed E-state index contributed by atoms with van der Waals surface area (Å²) in [6.45, 7) is 1.22. The van der Waals surface area contributed by atoms with Crippen molar-refractivity contribution in [2.24, 2.45) is 0 Å². The maximum absolute atomic E-state index is 13.1. The highest BCUT2D eigenvalue weighted by Crippen LogP contribution is 2.24. The van der Waals surface area contributed by atoms with E-state index in [-0.39, 0.29) is 30.6 Å². The standard InChI is InChI=1S/C30H26F2N6O2/c1-19-16-22(29(40)33-15-14-31)6-12-26(19)35-30-36-27-13-7-23(18-38(27)37-30)21-4-10-25(11-5-21)34-28(39)17-20-2-8-24(32)9-3-20/h2-13,16,18H,14-15,17H2,1H3,(H,33,40)(H,34,39)(H,35,37). The predicted molar refractivity (Wildman–Crippen MR) is 150 cm³/mol. The van der Waals surface area contributed by atoms with Crippen molar-refractivity contribution in [3.63, 3.8) is 0 Å². The van der Waals surface area contributed by atoms with Gasteiger partial charge in [0.05, 0.1) is 6.42 Å². The quantitative estimate of drug-likeness (QED) is 0.230. The molecule has 3 N–H and O–H groups in total. The normalized spacial score (nSPS) is 10.9. The van der Waals surface area contributed by atoms with E-state index in [2.05, 4.69) is 26.0 Å². The molecule has 0 saturated carbocycles. The van der Waals surface area contributed by atoms with E-state index in [9.17, 15) is 18.4 Å². The molecule has 8 nitrogen and oxygen atoms in total. The van der Waals surface area contributed by atoms with Crippen molar-refractivity contribution in [1.82, 2.24) is 19.9 Å². The lowest BCUT2D eigenvalue weighted by atomic mass is 10.1. The SMILES string of the molecule is Cc1cc(C(=O)NCCF)ccc1Nc1nc2ccc(-c3ccc(NC(=O)Cc4ccc(F)cc4)cc3)cn2n1. The number of hydrogen-bond acceptors (Lipinski definition) is 5. The Hall–Kier alpha value is -5.12. The van der Waals surface area contributed by atoms with Crippen LogP contribution in [-0.4, -0.2) is 39.6 Å². The van der Waals surface area contributed by atoms with Crippen LogP contribution in [0, 0.1) is 12.7 Å². The number of halogens is 2. The number of pyridine rings is 1. The summed E-state index contributed by atoms with van der Waals surface area (Å²) in [6, 6.07) is 22.2. The van der Waals surface area contributed by atoms with E-state index in [0.717, 1.165) is 27.9 Å². The molecule has 0 atom stereocenters. The average Bonchev–Trinajstić information content (AvgIpc) is 3.36. The fourth-order valence-electron chi connectivity index (χ4n) is 4.17. The van der Waals surface area contributed by atoms with Gasteiger partial charge < -0.3 is 16.0 Å². The van der Waals surface area contributed by atoms with E-state index in [4.69, 9.17) is 0 Å². The fraction of sp³-hybridized carbons (Fsp3) is 0.133. The Morgan fingerprint density at radius 2 is 1.68 bits per heavy atom. The number of benzene rings is 3. The molecular formula is C30H26F2N6O2. The van der Waals surface area contributed by atoms with Crippen LogP contribution in [0.15, 0.2) is 85.1 Å². The lowest BCUT2D eigenvalue weighted by Gasteiger charge is -2.09. The number of hydrogen-bond donors (Lipinski definition) is 3. The summed E-state index contributed by atoms with van der Waals surface area (Å²) in [5, 5.41) is 13.1. The van der Waals surface area contributed by atoms with Crippen LogP contribution in [0.1, 0.15) is 21.5 Å². The molecule has 40 heavy (non-hydrogen) atoms. The average molecular weight is 541 g/mol. The first-order valence-corrected chi connectivity index (χ1v) is 12.6. The van der Waals surface area contributed by atoms with E-state index in [1.807, 2.05) is 49.5 Å². The molecule has 2 aromatic heterocycles. The minimum Gasteiger partial charge on any atom is -0.349 e. The first kappa shape index (κ1) is 26.5. The molecule has 0 aliphatic rings. The molecule has 0 bridgehead atoms. The molecule has 2 amide bonds. The molecule has 10 heteroatoms. The van der Waals surface area contributed by atoms with Crippen LogP contribution >= 0.6 is 0 Å². The van der Waals surface area contributed by atoms with Gasteiger partial charge in [-0.05, 0) is 78.2 Å². The third-order valence-electron chi connectivity index (χ3n) is 6.23. The third-order valence-corrected chi connectivity index (χ3v) is 6.23. The van der Waals surface area contributed by atoms with Gasteiger partial charge in [0.1, 0.15) is 12.5 Å². The monoisotopic (exact) mass is 540 g/mol. The smallest absolute Gasteiger partial charge is 0.251 e. The minimum atomic E-state index is -0.616. The number of nitrogens with zero attached hydrogens (tertiary/aromatic N) is 3. The van der Waals surface area contributed by atoms with Crippen molar-refractivity contribution in [2.75, 3.05) is 23.9 Å². The van der Waals surface area contributed by atoms with Gasteiger partial charge in [-0.1, -0.05) is 24.3 Å². The van der Waals surface area contributed by atoms with Gasteiger partial charge in [-0.2, -0.15) is 4.98 Å². The van der Waals surface area contributed by atoms with Gasteiger partial charge >= 0.3 is 0 Å². The van der Waals surface area contributed by atoms with Crippen molar-refractivity contribution in [3.8, 4) is 11.1 Å². The molecule has 5 rings (SSSR count). The highest BCUT2D eigenvalue weighted by molar-refractivity contribution is 5.95. The maximum atomic E-state index is 13.1. The number of aromatic nitrogens is 3. The van der Waals surface area contributed by atoms with E-state index in [0.29, 0.717) is 22.8 Å². The number of amides is 2. The van der Waals surface area contributed by atoms with Gasteiger partial charge in [0.2, 0.25) is 11.9 Å². The van der Waals surface area contributed by atoms with Crippen molar-refractivity contribution in [3.05, 3.63) is 108 Å². The Kier molecular flexibility index (Phi) is 7.77. The van der Waals surface area contributed by atoms with Gasteiger partial charge in [-0.15, -0.1) is 5.10 Å². The molecule has 0 aliphatic carbocycles. The van der Waals surface area contributed by atoms with Crippen molar-refractivity contribution in [1.29, 1.82) is 0 Å². The van der Waals surface area contributed by atoms with Crippen LogP contribution in [0.25, 0.3) is 16.8 Å². The van der Waals surface area contributed by atoms with E-state index >= 15 is 0 Å². The summed E-state index contributed by atoms with van der Waals surface area (Å²) < 4.78 is 27.1. The van der Waals surface area contributed by atoms with Crippen molar-refractivity contribution >= 4 is 34.8 Å². The van der Waals surface area contributed by atoms with Crippen LogP contribution < -0.4 is 16.0 Å². The Morgan fingerprint density at radius 3 is 2.40 bits per heavy atom. The topological polar surface area (TPSA) is 100 Å². The summed E-state index contributed by atoms with van der Waals surface area (Å²) in [4.78, 5) is 28.9. The Labute approximate surface area is 229 Å². The number of carbonyl (C=O) groups excluding carboxylic acids is 2. The number of rotatable bonds is 9. The predicted octanol–water partition coefficient (Wildman–Crippen LogP) is 5.47. The zero-order valence-electron chi connectivity index (χ0n) is 21.6. The molecule has 0 aliphatic heterocycles. The number of nitrogens with one attached hydrogen (secondary N) is 3. The summed E-state index contributed by atoms with van der Waals surface area (Å²) in [6.07, 6.45) is 2.02. The summed E-state index contributed by atoms with van der Waals surface area (Å²) in [5.41, 5.74) is 5.89. The van der Waals surface area contributed by atoms with Crippen molar-refractivity contribution < 1.29 is 18.4 Å². The van der Waals surface area contributed by atoms with Crippen LogP contribution in [0.5, 0.6) is 0 Å². The first-order chi connectivity index (χ1) is 19.4. The Balaban J connectivity index is 1.25. The lowest BCUT2D eigenvalue weighted by molar-refractivity contribution is -0.115. The molecule has 0 radical (unpaired) electrons. The van der Waals surface area contributed by atoms with Crippen LogP contribution in [0.3, 0.4) is 0 Å². The number of alkyl halides is 1. The first-order valence-electron chi connectivity index (χ1n) is 12.6. The van der Waals surface area contributed by atoms with Gasteiger partial charge in [0.25, 0.3) is 5.91 Å². The van der Waals surface area contributed by atoms with Gasteiger partial charge in [0, 0.05) is 35.2 Å². The lowest BCUT2D eigenvalue weighted by Crippen LogP contribution is -2.25. The summed E-state index contributed by atoms with van der Waals surface area (Å²) in [7, 11) is 0. The number of aryl methyl sites for hydroxylation is 1. The molecule has 202 valence electrons. The molecule has 5 aromatic rings. The third kappa shape index (κ3) is 6.29. The molecule has 0 unspecified atom stereocenters. The van der Waals surface area contributed by atoms with E-state index < -0.39 is 6.67 Å². The molecule has 0 fully saturated rings. The summed E-state index contributed by atoms with van der Waals surface area (Å²) in [5.74, 6) is -0.454. The number of fused-ring (bicyclic) bond motifs is 1. The van der Waals surface area contributed by atoms with Gasteiger partial charge in [-0.3, -0.25) is 9.59 Å². The van der Waals surface area contributed by atoms with Crippen LogP contribution in [0.2, 0.25) is 0 Å². The second-order valence-corrected chi connectivity index (χ2v) is 9.18. The second kappa shape index (κ2) is 11.7. The summed E-state index contributed by atoms with van der Waals surface area (Å²) >= 11 is 0. The Morgan fingerprint density at radius 1 is 0.925 bits per heavy atom. The Bertz CT molecular complexity index is 1670. The molecule has 0 saturated heterocycles. The largest absolute Gasteiger partial charge is 0.349 e. The number of anilines is 3. The fourth-order valence-corrected chi connectivity index (χ4v) is 4.17. The zero-order chi connectivity index (χ0) is 28.1. The molecule has 2 heterocycles. The molecule has 0 spiro atoms. The number of carbonyl (C=O) groups is 2. The molecule has 3 aromatic carbocycles. The second-order valence-electron chi connectivity index (χ2n) is 9.18. The highest BCUT2D eigenvalue weighted by Gasteiger charge is 2.11. The highest BCUT2D eigenvalue weighted by atomic mass is 19.1. The van der Waals surface area contributed by atoms with Crippen LogP contribution in [-0.2, 0) is 11.2 Å². The van der Waals surface area contributed by atoms with E-state index in [1.54, 1.807) is 34.8 Å². The zero-order valence-corrected chi connectivity index (χ0v) is 21.6.